The van der Waals surface area contributed by atoms with E-state index >= 15 is 0 Å². The Morgan fingerprint density at radius 2 is 1.73 bits per heavy atom. The molecule has 2 N–H and O–H groups in total. The third-order valence-electron chi connectivity index (χ3n) is 4.25. The number of carbonyl (C=O) groups excluding carboxylic acids is 2. The summed E-state index contributed by atoms with van der Waals surface area (Å²) in [5.74, 6) is -0.474. The fraction of sp³-hybridized carbons (Fsp3) is 0.364. The molecule has 0 fully saturated rings. The summed E-state index contributed by atoms with van der Waals surface area (Å²) in [7, 11) is 0. The van der Waals surface area contributed by atoms with Crippen LogP contribution >= 0.6 is 0 Å². The molecule has 0 aromatic heterocycles. The first-order valence-electron chi connectivity index (χ1n) is 9.32. The second-order valence-electron chi connectivity index (χ2n) is 6.61. The summed E-state index contributed by atoms with van der Waals surface area (Å²) in [5, 5.41) is 5.44. The largest absolute Gasteiger partial charge is 0.343 e. The molecular weight excluding hydrogens is 324 g/mol. The van der Waals surface area contributed by atoms with Crippen LogP contribution in [0.25, 0.3) is 0 Å². The maximum atomic E-state index is 12.2. The Morgan fingerprint density at radius 3 is 2.42 bits per heavy atom. The summed E-state index contributed by atoms with van der Waals surface area (Å²) >= 11 is 0. The van der Waals surface area contributed by atoms with Gasteiger partial charge < -0.3 is 10.6 Å². The zero-order valence-corrected chi connectivity index (χ0v) is 15.7. The lowest BCUT2D eigenvalue weighted by Crippen LogP contribution is -2.32. The van der Waals surface area contributed by atoms with E-state index < -0.39 is 0 Å². The van der Waals surface area contributed by atoms with Gasteiger partial charge in [0, 0.05) is 11.3 Å². The first kappa shape index (κ1) is 19.7. The molecule has 0 saturated carbocycles. The van der Waals surface area contributed by atoms with Gasteiger partial charge in [0.2, 0.25) is 5.91 Å². The van der Waals surface area contributed by atoms with E-state index in [1.54, 1.807) is 0 Å². The predicted molar refractivity (Wildman–Crippen MR) is 106 cm³/mol. The second kappa shape index (κ2) is 10.4. The highest BCUT2D eigenvalue weighted by atomic mass is 16.2. The van der Waals surface area contributed by atoms with Gasteiger partial charge in [-0.15, -0.1) is 0 Å². The number of benzene rings is 2. The van der Waals surface area contributed by atoms with Gasteiger partial charge in [-0.1, -0.05) is 50.5 Å². The molecule has 0 saturated heterocycles. The Morgan fingerprint density at radius 1 is 0.962 bits per heavy atom. The van der Waals surface area contributed by atoms with Gasteiger partial charge in [0.15, 0.2) is 0 Å². The van der Waals surface area contributed by atoms with E-state index in [1.165, 1.54) is 31.2 Å². The van der Waals surface area contributed by atoms with Crippen molar-refractivity contribution in [2.45, 2.75) is 46.0 Å². The van der Waals surface area contributed by atoms with Crippen LogP contribution in [0.15, 0.2) is 48.5 Å². The van der Waals surface area contributed by atoms with Crippen LogP contribution in [0.5, 0.6) is 0 Å². The smallest absolute Gasteiger partial charge is 0.251 e. The van der Waals surface area contributed by atoms with Crippen molar-refractivity contribution in [1.82, 2.24) is 5.32 Å². The molecule has 2 amide bonds. The van der Waals surface area contributed by atoms with Crippen LogP contribution in [0, 0.1) is 6.92 Å². The molecule has 0 aliphatic carbocycles. The normalized spacial score (nSPS) is 10.4. The molecular formula is C22H28N2O2. The number of unbranched alkanes of at least 4 members (excludes halogenated alkanes) is 3. The first-order chi connectivity index (χ1) is 12.6. The first-order valence-corrected chi connectivity index (χ1v) is 9.32. The van der Waals surface area contributed by atoms with Gasteiger partial charge in [0.1, 0.15) is 0 Å². The molecule has 0 aliphatic rings. The van der Waals surface area contributed by atoms with Crippen molar-refractivity contribution in [2.75, 3.05) is 11.9 Å². The van der Waals surface area contributed by atoms with Gasteiger partial charge in [0.05, 0.1) is 6.54 Å². The fourth-order valence-electron chi connectivity index (χ4n) is 2.77. The third kappa shape index (κ3) is 6.71. The number of amides is 2. The van der Waals surface area contributed by atoms with Gasteiger partial charge in [-0.25, -0.2) is 0 Å². The molecule has 4 heteroatoms. The van der Waals surface area contributed by atoms with E-state index in [2.05, 4.69) is 17.6 Å². The summed E-state index contributed by atoms with van der Waals surface area (Å²) in [6.45, 7) is 4.12. The van der Waals surface area contributed by atoms with Crippen molar-refractivity contribution in [3.8, 4) is 0 Å². The zero-order valence-electron chi connectivity index (χ0n) is 15.7. The van der Waals surface area contributed by atoms with E-state index in [0.29, 0.717) is 5.56 Å². The molecule has 0 heterocycles. The average Bonchev–Trinajstić information content (AvgIpc) is 2.64. The molecule has 2 aromatic carbocycles. The Bertz CT molecular complexity index is 723. The summed E-state index contributed by atoms with van der Waals surface area (Å²) in [6.07, 6.45) is 5.97. The van der Waals surface area contributed by atoms with Crippen molar-refractivity contribution in [2.24, 2.45) is 0 Å². The molecule has 26 heavy (non-hydrogen) atoms. The molecule has 0 spiro atoms. The SMILES string of the molecule is CCCCCCc1ccc(C(=O)NCC(=O)Nc2cccc(C)c2)cc1. The lowest BCUT2D eigenvalue weighted by Gasteiger charge is -2.08. The summed E-state index contributed by atoms with van der Waals surface area (Å²) in [6, 6.07) is 15.2. The van der Waals surface area contributed by atoms with Gasteiger partial charge in [-0.05, 0) is 55.2 Å². The summed E-state index contributed by atoms with van der Waals surface area (Å²) in [5.41, 5.74) is 3.62. The minimum Gasteiger partial charge on any atom is -0.343 e. The van der Waals surface area contributed by atoms with E-state index in [4.69, 9.17) is 0 Å². The van der Waals surface area contributed by atoms with Crippen LogP contribution < -0.4 is 10.6 Å². The van der Waals surface area contributed by atoms with Crippen molar-refractivity contribution in [1.29, 1.82) is 0 Å². The van der Waals surface area contributed by atoms with Crippen LogP contribution in [0.4, 0.5) is 5.69 Å². The van der Waals surface area contributed by atoms with Gasteiger partial charge >= 0.3 is 0 Å². The predicted octanol–water partition coefficient (Wildman–Crippen LogP) is 4.49. The quantitative estimate of drug-likeness (QED) is 0.654. The lowest BCUT2D eigenvalue weighted by molar-refractivity contribution is -0.115. The lowest BCUT2D eigenvalue weighted by atomic mass is 10.0. The van der Waals surface area contributed by atoms with Crippen molar-refractivity contribution >= 4 is 17.5 Å². The Kier molecular flexibility index (Phi) is 7.87. The molecule has 138 valence electrons. The Labute approximate surface area is 156 Å². The Balaban J connectivity index is 1.77. The highest BCUT2D eigenvalue weighted by molar-refractivity contribution is 5.99. The molecule has 0 aliphatic heterocycles. The van der Waals surface area contributed by atoms with Crippen molar-refractivity contribution in [3.63, 3.8) is 0 Å². The maximum absolute atomic E-state index is 12.2. The fourth-order valence-corrected chi connectivity index (χ4v) is 2.77. The molecule has 4 nitrogen and oxygen atoms in total. The Hall–Kier alpha value is -2.62. The number of hydrogen-bond acceptors (Lipinski definition) is 2. The minimum absolute atomic E-state index is 0.0501. The molecule has 2 aromatic rings. The molecule has 0 bridgehead atoms. The van der Waals surface area contributed by atoms with Crippen LogP contribution in [0.1, 0.15) is 54.1 Å². The average molecular weight is 352 g/mol. The number of rotatable bonds is 9. The summed E-state index contributed by atoms with van der Waals surface area (Å²) in [4.78, 5) is 24.1. The monoisotopic (exact) mass is 352 g/mol. The number of aryl methyl sites for hydroxylation is 2. The van der Waals surface area contributed by atoms with Crippen LogP contribution in [0.3, 0.4) is 0 Å². The molecule has 0 atom stereocenters. The van der Waals surface area contributed by atoms with Crippen molar-refractivity contribution in [3.05, 3.63) is 65.2 Å². The van der Waals surface area contributed by atoms with E-state index in [1.807, 2.05) is 55.5 Å². The maximum Gasteiger partial charge on any atom is 0.251 e. The highest BCUT2D eigenvalue weighted by Crippen LogP contribution is 2.10. The summed E-state index contributed by atoms with van der Waals surface area (Å²) < 4.78 is 0. The van der Waals surface area contributed by atoms with Crippen molar-refractivity contribution < 1.29 is 9.59 Å². The van der Waals surface area contributed by atoms with E-state index in [0.717, 1.165) is 17.7 Å². The highest BCUT2D eigenvalue weighted by Gasteiger charge is 2.08. The van der Waals surface area contributed by atoms with Crippen LogP contribution in [0.2, 0.25) is 0 Å². The van der Waals surface area contributed by atoms with Crippen LogP contribution in [-0.4, -0.2) is 18.4 Å². The molecule has 2 rings (SSSR count). The standard InChI is InChI=1S/C22H28N2O2/c1-3-4-5-6-9-18-11-13-19(14-12-18)22(26)23-16-21(25)24-20-10-7-8-17(2)15-20/h7-8,10-15H,3-6,9,16H2,1-2H3,(H,23,26)(H,24,25). The van der Waals surface area contributed by atoms with Gasteiger partial charge in [-0.2, -0.15) is 0 Å². The number of carbonyl (C=O) groups is 2. The van der Waals surface area contributed by atoms with Gasteiger partial charge in [0.25, 0.3) is 5.91 Å². The molecule has 0 radical (unpaired) electrons. The van der Waals surface area contributed by atoms with E-state index in [-0.39, 0.29) is 18.4 Å². The number of nitrogens with one attached hydrogen (secondary N) is 2. The second-order valence-corrected chi connectivity index (χ2v) is 6.61. The van der Waals surface area contributed by atoms with E-state index in [9.17, 15) is 9.59 Å². The number of hydrogen-bond donors (Lipinski definition) is 2. The topological polar surface area (TPSA) is 58.2 Å². The molecule has 0 unspecified atom stereocenters. The minimum atomic E-state index is -0.239. The zero-order chi connectivity index (χ0) is 18.8. The third-order valence-corrected chi connectivity index (χ3v) is 4.25. The number of anilines is 1. The van der Waals surface area contributed by atoms with Gasteiger partial charge in [-0.3, -0.25) is 9.59 Å². The van der Waals surface area contributed by atoms with Crippen LogP contribution in [-0.2, 0) is 11.2 Å².